The molecule has 2 amide bonds. The molecule has 1 atom stereocenters. The number of ether oxygens (including phenoxy) is 2. The van der Waals surface area contributed by atoms with Crippen LogP contribution in [0.4, 0.5) is 5.69 Å². The molecule has 0 spiro atoms. The minimum Gasteiger partial charge on any atom is -0.455 e. The topological polar surface area (TPSA) is 116 Å². The van der Waals surface area contributed by atoms with E-state index in [2.05, 4.69) is 15.6 Å². The lowest BCUT2D eigenvalue weighted by Crippen LogP contribution is -2.28. The molecule has 1 unspecified atom stereocenters. The van der Waals surface area contributed by atoms with E-state index in [4.69, 9.17) is 15.2 Å². The molecule has 1 aromatic carbocycles. The van der Waals surface area contributed by atoms with Crippen LogP contribution < -0.4 is 21.1 Å². The molecule has 0 aliphatic rings. The monoisotopic (exact) mass is 444 g/mol. The van der Waals surface area contributed by atoms with Crippen molar-refractivity contribution in [2.45, 2.75) is 19.4 Å². The second-order valence-corrected chi connectivity index (χ2v) is 5.90. The molecule has 0 saturated carbocycles. The van der Waals surface area contributed by atoms with E-state index in [1.54, 1.807) is 18.2 Å². The van der Waals surface area contributed by atoms with Crippen LogP contribution in [0.25, 0.3) is 0 Å². The number of amides is 2. The number of carbonyl (C=O) groups excluding carboxylic acids is 2. The molecule has 4 N–H and O–H groups in total. The molecule has 160 valence electrons. The summed E-state index contributed by atoms with van der Waals surface area (Å²) in [7, 11) is 3.04. The number of hydrogen-bond donors (Lipinski definition) is 3. The van der Waals surface area contributed by atoms with Gasteiger partial charge in [-0.15, -0.1) is 24.8 Å². The van der Waals surface area contributed by atoms with Gasteiger partial charge < -0.3 is 25.8 Å². The van der Waals surface area contributed by atoms with Crippen molar-refractivity contribution in [3.63, 3.8) is 0 Å². The fraction of sp³-hybridized carbons (Fsp3) is 0.316. The summed E-state index contributed by atoms with van der Waals surface area (Å²) in [5.41, 5.74) is 7.26. The van der Waals surface area contributed by atoms with Gasteiger partial charge in [0.1, 0.15) is 11.4 Å². The fourth-order valence-electron chi connectivity index (χ4n) is 2.34. The third-order valence-corrected chi connectivity index (χ3v) is 3.84. The summed E-state index contributed by atoms with van der Waals surface area (Å²) in [6.07, 6.45) is 1.27. The van der Waals surface area contributed by atoms with Gasteiger partial charge in [-0.3, -0.25) is 14.6 Å². The van der Waals surface area contributed by atoms with Crippen LogP contribution in [-0.2, 0) is 9.53 Å². The van der Waals surface area contributed by atoms with Crippen LogP contribution >= 0.6 is 24.8 Å². The number of aryl methyl sites for hydroxylation is 1. The highest BCUT2D eigenvalue weighted by Crippen LogP contribution is 2.31. The highest BCUT2D eigenvalue weighted by atomic mass is 35.5. The Kier molecular flexibility index (Phi) is 11.9. The average molecular weight is 445 g/mol. The summed E-state index contributed by atoms with van der Waals surface area (Å²) in [6.45, 7) is 2.16. The van der Waals surface area contributed by atoms with Crippen molar-refractivity contribution in [3.05, 3.63) is 47.8 Å². The second kappa shape index (κ2) is 12.9. The van der Waals surface area contributed by atoms with Gasteiger partial charge in [-0.25, -0.2) is 0 Å². The molecule has 1 heterocycles. The van der Waals surface area contributed by atoms with Crippen LogP contribution in [0.3, 0.4) is 0 Å². The van der Waals surface area contributed by atoms with E-state index in [0.29, 0.717) is 17.2 Å². The van der Waals surface area contributed by atoms with Gasteiger partial charge in [0.05, 0.1) is 18.2 Å². The van der Waals surface area contributed by atoms with Crippen LogP contribution in [0, 0.1) is 6.92 Å². The van der Waals surface area contributed by atoms with Gasteiger partial charge in [0, 0.05) is 33.0 Å². The molecular formula is C19H26Cl2N4O4. The van der Waals surface area contributed by atoms with Gasteiger partial charge in [0.15, 0.2) is 5.75 Å². The Labute approximate surface area is 182 Å². The summed E-state index contributed by atoms with van der Waals surface area (Å²) in [5.74, 6) is 0.341. The average Bonchev–Trinajstić information content (AvgIpc) is 2.67. The van der Waals surface area contributed by atoms with E-state index in [0.717, 1.165) is 5.56 Å². The number of aromatic nitrogens is 1. The lowest BCUT2D eigenvalue weighted by molar-refractivity contribution is -0.118. The number of hydrogen-bond acceptors (Lipinski definition) is 6. The Hall–Kier alpha value is -2.39. The van der Waals surface area contributed by atoms with Gasteiger partial charge in [0.2, 0.25) is 5.91 Å². The van der Waals surface area contributed by atoms with Crippen molar-refractivity contribution in [2.24, 2.45) is 5.73 Å². The first-order chi connectivity index (χ1) is 13.0. The highest BCUT2D eigenvalue weighted by molar-refractivity contribution is 5.93. The number of nitrogens with one attached hydrogen (secondary N) is 2. The molecule has 2 rings (SSSR count). The first-order valence-corrected chi connectivity index (χ1v) is 8.46. The number of rotatable bonds is 8. The molecule has 8 nitrogen and oxygen atoms in total. The van der Waals surface area contributed by atoms with Crippen LogP contribution in [0.1, 0.15) is 22.5 Å². The highest BCUT2D eigenvalue weighted by Gasteiger charge is 2.15. The largest absolute Gasteiger partial charge is 0.455 e. The quantitative estimate of drug-likeness (QED) is 0.576. The summed E-state index contributed by atoms with van der Waals surface area (Å²) in [6, 6.07) is 8.58. The van der Waals surface area contributed by atoms with Crippen LogP contribution in [0.15, 0.2) is 36.5 Å². The summed E-state index contributed by atoms with van der Waals surface area (Å²) in [4.78, 5) is 28.0. The van der Waals surface area contributed by atoms with Crippen molar-refractivity contribution >= 4 is 42.3 Å². The van der Waals surface area contributed by atoms with Crippen LogP contribution in [-0.4, -0.2) is 43.6 Å². The van der Waals surface area contributed by atoms with Gasteiger partial charge in [-0.2, -0.15) is 0 Å². The zero-order chi connectivity index (χ0) is 19.8. The van der Waals surface area contributed by atoms with E-state index >= 15 is 0 Å². The number of pyridine rings is 1. The van der Waals surface area contributed by atoms with Gasteiger partial charge >= 0.3 is 0 Å². The van der Waals surface area contributed by atoms with E-state index in [-0.39, 0.29) is 61.4 Å². The van der Waals surface area contributed by atoms with E-state index in [1.807, 2.05) is 13.0 Å². The zero-order valence-electron chi connectivity index (χ0n) is 16.4. The van der Waals surface area contributed by atoms with Gasteiger partial charge in [-0.1, -0.05) is 6.07 Å². The maximum absolute atomic E-state index is 12.2. The van der Waals surface area contributed by atoms with E-state index in [9.17, 15) is 9.59 Å². The standard InChI is InChI=1S/C19H24N4O4.2ClH/c1-12-4-5-15(23-18(24)10-14(11-20)26-3)17(8-12)27-13-6-7-22-16(9-13)19(25)21-2;;/h4-9,14H,10-11,20H2,1-3H3,(H,21,25)(H,23,24);2*1H. The maximum atomic E-state index is 12.2. The van der Waals surface area contributed by atoms with Crippen molar-refractivity contribution in [1.82, 2.24) is 10.3 Å². The summed E-state index contributed by atoms with van der Waals surface area (Å²) < 4.78 is 11.0. The van der Waals surface area contributed by atoms with Crippen LogP contribution in [0.2, 0.25) is 0 Å². The summed E-state index contributed by atoms with van der Waals surface area (Å²) in [5, 5.41) is 5.32. The first-order valence-electron chi connectivity index (χ1n) is 8.46. The molecule has 29 heavy (non-hydrogen) atoms. The Bertz CT molecular complexity index is 817. The number of nitrogens with zero attached hydrogens (tertiary/aromatic N) is 1. The third-order valence-electron chi connectivity index (χ3n) is 3.84. The second-order valence-electron chi connectivity index (χ2n) is 5.90. The number of methoxy groups -OCH3 is 1. The van der Waals surface area contributed by atoms with E-state index < -0.39 is 0 Å². The molecule has 0 bridgehead atoms. The molecule has 0 aliphatic carbocycles. The Morgan fingerprint density at radius 3 is 2.55 bits per heavy atom. The van der Waals surface area contributed by atoms with Crippen LogP contribution in [0.5, 0.6) is 11.5 Å². The SMILES string of the molecule is CNC(=O)c1cc(Oc2cc(C)ccc2NC(=O)CC(CN)OC)ccn1.Cl.Cl. The number of halogens is 2. The fourth-order valence-corrected chi connectivity index (χ4v) is 2.34. The Morgan fingerprint density at radius 2 is 1.93 bits per heavy atom. The Balaban J connectivity index is 0.00000392. The molecule has 0 radical (unpaired) electrons. The number of benzene rings is 1. The number of nitrogens with two attached hydrogens (primary N) is 1. The minimum absolute atomic E-state index is 0. The van der Waals surface area contributed by atoms with Crippen molar-refractivity contribution in [2.75, 3.05) is 26.0 Å². The van der Waals surface area contributed by atoms with Crippen molar-refractivity contribution < 1.29 is 19.1 Å². The van der Waals surface area contributed by atoms with Crippen molar-refractivity contribution in [3.8, 4) is 11.5 Å². The maximum Gasteiger partial charge on any atom is 0.269 e. The zero-order valence-corrected chi connectivity index (χ0v) is 18.1. The molecule has 0 saturated heterocycles. The number of carbonyl (C=O) groups is 2. The Morgan fingerprint density at radius 1 is 1.21 bits per heavy atom. The third kappa shape index (κ3) is 7.86. The predicted octanol–water partition coefficient (Wildman–Crippen LogP) is 2.69. The lowest BCUT2D eigenvalue weighted by atomic mass is 10.2. The molecule has 0 aliphatic heterocycles. The van der Waals surface area contributed by atoms with Crippen molar-refractivity contribution in [1.29, 1.82) is 0 Å². The van der Waals surface area contributed by atoms with Gasteiger partial charge in [-0.05, 0) is 30.7 Å². The normalized spacial score (nSPS) is 10.8. The molecule has 2 aromatic rings. The molecule has 10 heteroatoms. The molecule has 1 aromatic heterocycles. The lowest BCUT2D eigenvalue weighted by Gasteiger charge is -2.16. The number of anilines is 1. The molecular weight excluding hydrogens is 419 g/mol. The molecule has 0 fully saturated rings. The summed E-state index contributed by atoms with van der Waals surface area (Å²) >= 11 is 0. The van der Waals surface area contributed by atoms with E-state index in [1.165, 1.54) is 26.4 Å². The minimum atomic E-state index is -0.352. The van der Waals surface area contributed by atoms with Gasteiger partial charge in [0.25, 0.3) is 5.91 Å². The smallest absolute Gasteiger partial charge is 0.269 e. The predicted molar refractivity (Wildman–Crippen MR) is 116 cm³/mol. The first kappa shape index (κ1) is 26.6.